The molecule has 0 aliphatic carbocycles. The maximum atomic E-state index is 11.5. The number of hydrogen-bond acceptors (Lipinski definition) is 4. The van der Waals surface area contributed by atoms with Crippen molar-refractivity contribution in [3.63, 3.8) is 0 Å². The summed E-state index contributed by atoms with van der Waals surface area (Å²) in [6.45, 7) is 1.78. The normalized spacial score (nSPS) is 10.0. The Bertz CT molecular complexity index is 423. The van der Waals surface area contributed by atoms with Crippen LogP contribution < -0.4 is 5.32 Å². The number of nitrogens with one attached hydrogen (secondary N) is 1. The molecule has 0 saturated heterocycles. The summed E-state index contributed by atoms with van der Waals surface area (Å²) in [7, 11) is 4.61. The molecule has 0 atom stereocenters. The number of carbonyl (C=O) groups is 2. The van der Waals surface area contributed by atoms with E-state index < -0.39 is 0 Å². The molecule has 0 saturated carbocycles. The van der Waals surface area contributed by atoms with Gasteiger partial charge in [0.1, 0.15) is 17.9 Å². The van der Waals surface area contributed by atoms with Crippen LogP contribution in [0.15, 0.2) is 0 Å². The van der Waals surface area contributed by atoms with Gasteiger partial charge in [-0.3, -0.25) is 9.59 Å². The Balaban J connectivity index is 3.04. The largest absolute Gasteiger partial charge is 0.469 e. The Morgan fingerprint density at radius 1 is 1.50 bits per heavy atom. The topological polar surface area (TPSA) is 73.2 Å². The van der Waals surface area contributed by atoms with E-state index in [1.807, 2.05) is 0 Å². The van der Waals surface area contributed by atoms with Crippen molar-refractivity contribution in [3.05, 3.63) is 17.2 Å². The first-order valence-corrected chi connectivity index (χ1v) is 4.82. The number of rotatable bonds is 3. The molecule has 6 nitrogen and oxygen atoms in total. The first-order valence-electron chi connectivity index (χ1n) is 4.82. The lowest BCUT2D eigenvalue weighted by atomic mass is 10.3. The van der Waals surface area contributed by atoms with Crippen molar-refractivity contribution in [3.8, 4) is 0 Å². The molecule has 1 rings (SSSR count). The zero-order chi connectivity index (χ0) is 12.3. The minimum absolute atomic E-state index is 0.0604. The molecule has 6 heteroatoms. The van der Waals surface area contributed by atoms with E-state index in [9.17, 15) is 9.59 Å². The first kappa shape index (κ1) is 12.2. The molecule has 1 N–H and O–H groups in total. The molecule has 0 aliphatic heterocycles. The van der Waals surface area contributed by atoms with E-state index in [4.69, 9.17) is 0 Å². The monoisotopic (exact) mass is 225 g/mol. The minimum Gasteiger partial charge on any atom is -0.469 e. The maximum Gasteiger partial charge on any atom is 0.313 e. The van der Waals surface area contributed by atoms with Crippen LogP contribution in [0.1, 0.15) is 22.0 Å². The van der Waals surface area contributed by atoms with Gasteiger partial charge < -0.3 is 14.6 Å². The van der Waals surface area contributed by atoms with Crippen LogP contribution in [-0.2, 0) is 23.0 Å². The predicted octanol–water partition coefficient (Wildman–Crippen LogP) is -0.196. The number of aromatic nitrogens is 2. The summed E-state index contributed by atoms with van der Waals surface area (Å²) >= 11 is 0. The molecule has 0 bridgehead atoms. The Hall–Kier alpha value is -1.85. The third-order valence-electron chi connectivity index (χ3n) is 2.45. The minimum atomic E-state index is -0.378. The van der Waals surface area contributed by atoms with Crippen LogP contribution in [0.3, 0.4) is 0 Å². The van der Waals surface area contributed by atoms with Crippen molar-refractivity contribution in [1.82, 2.24) is 14.9 Å². The third kappa shape index (κ3) is 2.21. The number of amides is 1. The van der Waals surface area contributed by atoms with Gasteiger partial charge in [-0.05, 0) is 6.92 Å². The van der Waals surface area contributed by atoms with Crippen LogP contribution in [0.5, 0.6) is 0 Å². The highest BCUT2D eigenvalue weighted by molar-refractivity contribution is 5.93. The number of carbonyl (C=O) groups excluding carboxylic acids is 2. The fraction of sp³-hybridized carbons (Fsp3) is 0.500. The number of nitrogens with zero attached hydrogens (tertiary/aromatic N) is 2. The van der Waals surface area contributed by atoms with Gasteiger partial charge in [-0.1, -0.05) is 0 Å². The molecule has 0 aliphatic rings. The first-order chi connectivity index (χ1) is 7.51. The molecule has 0 spiro atoms. The van der Waals surface area contributed by atoms with Crippen LogP contribution in [0.2, 0.25) is 0 Å². The van der Waals surface area contributed by atoms with Crippen molar-refractivity contribution >= 4 is 11.9 Å². The Kier molecular flexibility index (Phi) is 3.65. The quantitative estimate of drug-likeness (QED) is 0.723. The second kappa shape index (κ2) is 4.78. The van der Waals surface area contributed by atoms with Crippen LogP contribution >= 0.6 is 0 Å². The predicted molar refractivity (Wildman–Crippen MR) is 57.1 cm³/mol. The molecule has 0 radical (unpaired) electrons. The molecule has 88 valence electrons. The second-order valence-electron chi connectivity index (χ2n) is 3.35. The summed E-state index contributed by atoms with van der Waals surface area (Å²) in [6, 6.07) is 0. The molecule has 0 fully saturated rings. The average Bonchev–Trinajstić information content (AvgIpc) is 2.56. The molecule has 16 heavy (non-hydrogen) atoms. The number of imidazole rings is 1. The lowest BCUT2D eigenvalue weighted by Crippen LogP contribution is -2.19. The Morgan fingerprint density at radius 2 is 2.12 bits per heavy atom. The molecule has 0 unspecified atom stereocenters. The smallest absolute Gasteiger partial charge is 0.313 e. The third-order valence-corrected chi connectivity index (χ3v) is 2.45. The number of ether oxygens (including phenoxy) is 1. The van der Waals surface area contributed by atoms with Crippen LogP contribution in [0.25, 0.3) is 0 Å². The summed E-state index contributed by atoms with van der Waals surface area (Å²) < 4.78 is 6.26. The molecular formula is C10H15N3O3. The summed E-state index contributed by atoms with van der Waals surface area (Å²) in [5, 5.41) is 2.50. The molecule has 1 heterocycles. The Morgan fingerprint density at radius 3 is 2.62 bits per heavy atom. The summed E-state index contributed by atoms with van der Waals surface area (Å²) in [6.07, 6.45) is 0.0604. The van der Waals surface area contributed by atoms with Crippen molar-refractivity contribution in [1.29, 1.82) is 0 Å². The van der Waals surface area contributed by atoms with Crippen LogP contribution in [0.4, 0.5) is 0 Å². The van der Waals surface area contributed by atoms with E-state index in [1.54, 1.807) is 18.5 Å². The van der Waals surface area contributed by atoms with Gasteiger partial charge in [0, 0.05) is 19.8 Å². The van der Waals surface area contributed by atoms with Crippen molar-refractivity contribution < 1.29 is 14.3 Å². The SMILES string of the molecule is CNC(=O)c1nc(CC(=O)OC)n(C)c1C. The lowest BCUT2D eigenvalue weighted by Gasteiger charge is -2.01. The standard InChI is InChI=1S/C10H15N3O3/c1-6-9(10(15)11-2)12-7(13(6)3)5-8(14)16-4/h5H2,1-4H3,(H,11,15). The Labute approximate surface area is 93.6 Å². The van der Waals surface area contributed by atoms with E-state index >= 15 is 0 Å². The fourth-order valence-electron chi connectivity index (χ4n) is 1.33. The number of methoxy groups -OCH3 is 1. The molecule has 0 aromatic carbocycles. The summed E-state index contributed by atoms with van der Waals surface area (Å²) in [5.74, 6) is -0.122. The van der Waals surface area contributed by atoms with E-state index in [0.29, 0.717) is 11.5 Å². The summed E-state index contributed by atoms with van der Waals surface area (Å²) in [4.78, 5) is 26.7. The van der Waals surface area contributed by atoms with Crippen molar-refractivity contribution in [2.45, 2.75) is 13.3 Å². The van der Waals surface area contributed by atoms with Crippen molar-refractivity contribution in [2.75, 3.05) is 14.2 Å². The maximum absolute atomic E-state index is 11.5. The molecule has 1 aromatic heterocycles. The van der Waals surface area contributed by atoms with E-state index in [-0.39, 0.29) is 18.3 Å². The van der Waals surface area contributed by atoms with Crippen LogP contribution in [-0.4, -0.2) is 35.6 Å². The highest BCUT2D eigenvalue weighted by atomic mass is 16.5. The van der Waals surface area contributed by atoms with Gasteiger partial charge in [0.15, 0.2) is 0 Å². The lowest BCUT2D eigenvalue weighted by molar-refractivity contribution is -0.139. The molecular weight excluding hydrogens is 210 g/mol. The second-order valence-corrected chi connectivity index (χ2v) is 3.35. The van der Waals surface area contributed by atoms with Gasteiger partial charge in [-0.15, -0.1) is 0 Å². The van der Waals surface area contributed by atoms with Gasteiger partial charge in [0.2, 0.25) is 0 Å². The number of esters is 1. The van der Waals surface area contributed by atoms with Crippen molar-refractivity contribution in [2.24, 2.45) is 7.05 Å². The zero-order valence-corrected chi connectivity index (χ0v) is 9.83. The highest BCUT2D eigenvalue weighted by Crippen LogP contribution is 2.10. The summed E-state index contributed by atoms with van der Waals surface area (Å²) in [5.41, 5.74) is 1.06. The van der Waals surface area contributed by atoms with Crippen LogP contribution in [0, 0.1) is 6.92 Å². The highest BCUT2D eigenvalue weighted by Gasteiger charge is 2.18. The average molecular weight is 225 g/mol. The molecule has 1 aromatic rings. The van der Waals surface area contributed by atoms with Gasteiger partial charge in [0.05, 0.1) is 7.11 Å². The van der Waals surface area contributed by atoms with Gasteiger partial charge in [-0.2, -0.15) is 0 Å². The molecule has 1 amide bonds. The van der Waals surface area contributed by atoms with Gasteiger partial charge in [0.25, 0.3) is 5.91 Å². The fourth-order valence-corrected chi connectivity index (χ4v) is 1.33. The van der Waals surface area contributed by atoms with E-state index in [0.717, 1.165) is 5.69 Å². The van der Waals surface area contributed by atoms with Gasteiger partial charge in [-0.25, -0.2) is 4.98 Å². The zero-order valence-electron chi connectivity index (χ0n) is 9.83. The van der Waals surface area contributed by atoms with Gasteiger partial charge >= 0.3 is 5.97 Å². The number of hydrogen-bond donors (Lipinski definition) is 1. The van der Waals surface area contributed by atoms with E-state index in [1.165, 1.54) is 14.2 Å². The van der Waals surface area contributed by atoms with E-state index in [2.05, 4.69) is 15.0 Å².